The van der Waals surface area contributed by atoms with Crippen molar-refractivity contribution in [2.24, 2.45) is 0 Å². The summed E-state index contributed by atoms with van der Waals surface area (Å²) in [4.78, 5) is 2.31. The number of rotatable bonds is 3. The van der Waals surface area contributed by atoms with Crippen LogP contribution in [0.4, 0.5) is 4.39 Å². The number of nitrogens with zero attached hydrogens (tertiary/aromatic N) is 1. The number of piperazine rings is 1. The van der Waals surface area contributed by atoms with Crippen molar-refractivity contribution in [1.82, 2.24) is 10.2 Å². The second-order valence-corrected chi connectivity index (χ2v) is 5.45. The summed E-state index contributed by atoms with van der Waals surface area (Å²) in [5.41, 5.74) is 0.659. The Balaban J connectivity index is 2.26. The van der Waals surface area contributed by atoms with Crippen molar-refractivity contribution in [3.8, 4) is 5.75 Å². The van der Waals surface area contributed by atoms with Crippen molar-refractivity contribution in [3.63, 3.8) is 0 Å². The Labute approximate surface area is 114 Å². The van der Waals surface area contributed by atoms with Crippen LogP contribution in [0.1, 0.15) is 32.4 Å². The van der Waals surface area contributed by atoms with Crippen molar-refractivity contribution in [3.05, 3.63) is 29.6 Å². The lowest BCUT2D eigenvalue weighted by atomic mass is 10.0. The molecule has 3 unspecified atom stereocenters. The van der Waals surface area contributed by atoms with E-state index in [1.165, 1.54) is 6.07 Å². The van der Waals surface area contributed by atoms with Crippen molar-refractivity contribution in [2.75, 3.05) is 20.2 Å². The molecule has 1 N–H and O–H groups in total. The lowest BCUT2D eigenvalue weighted by Gasteiger charge is -2.40. The van der Waals surface area contributed by atoms with Gasteiger partial charge in [0.05, 0.1) is 7.11 Å². The molecule has 1 fully saturated rings. The Hall–Kier alpha value is -1.13. The smallest absolute Gasteiger partial charge is 0.131 e. The van der Waals surface area contributed by atoms with Gasteiger partial charge in [0.15, 0.2) is 0 Å². The molecule has 4 heteroatoms. The Morgan fingerprint density at radius 3 is 2.53 bits per heavy atom. The highest BCUT2D eigenvalue weighted by molar-refractivity contribution is 5.37. The van der Waals surface area contributed by atoms with Gasteiger partial charge in [-0.2, -0.15) is 0 Å². The predicted molar refractivity (Wildman–Crippen MR) is 75.0 cm³/mol. The maximum atomic E-state index is 14.1. The third-order valence-corrected chi connectivity index (χ3v) is 3.78. The summed E-state index contributed by atoms with van der Waals surface area (Å²) < 4.78 is 19.4. The topological polar surface area (TPSA) is 24.5 Å². The molecule has 3 atom stereocenters. The first kappa shape index (κ1) is 14.3. The molecular weight excluding hydrogens is 243 g/mol. The molecule has 1 heterocycles. The summed E-state index contributed by atoms with van der Waals surface area (Å²) in [5.74, 6) is 0.442. The third-order valence-electron chi connectivity index (χ3n) is 3.78. The molecule has 1 aliphatic heterocycles. The first-order chi connectivity index (χ1) is 9.02. The van der Waals surface area contributed by atoms with Gasteiger partial charge in [-0.05, 0) is 32.9 Å². The maximum absolute atomic E-state index is 14.1. The van der Waals surface area contributed by atoms with Gasteiger partial charge in [0.2, 0.25) is 0 Å². The van der Waals surface area contributed by atoms with Gasteiger partial charge in [-0.1, -0.05) is 6.07 Å². The van der Waals surface area contributed by atoms with Crippen LogP contribution in [-0.4, -0.2) is 37.2 Å². The Bertz CT molecular complexity index is 428. The number of hydrogen-bond acceptors (Lipinski definition) is 3. The SMILES string of the molecule is COc1cccc(F)c1C(C)N1CC(C)NC(C)C1. The van der Waals surface area contributed by atoms with E-state index in [1.54, 1.807) is 13.2 Å². The number of hydrogen-bond donors (Lipinski definition) is 1. The average molecular weight is 266 g/mol. The fourth-order valence-corrected chi connectivity index (χ4v) is 2.97. The number of benzene rings is 1. The van der Waals surface area contributed by atoms with Gasteiger partial charge in [0.1, 0.15) is 11.6 Å². The van der Waals surface area contributed by atoms with Gasteiger partial charge in [-0.3, -0.25) is 4.90 Å². The van der Waals surface area contributed by atoms with Crippen LogP contribution in [-0.2, 0) is 0 Å². The van der Waals surface area contributed by atoms with E-state index in [-0.39, 0.29) is 11.9 Å². The molecule has 1 saturated heterocycles. The van der Waals surface area contributed by atoms with Gasteiger partial charge in [-0.25, -0.2) is 4.39 Å². The number of ether oxygens (including phenoxy) is 1. The van der Waals surface area contributed by atoms with E-state index in [2.05, 4.69) is 24.1 Å². The highest BCUT2D eigenvalue weighted by atomic mass is 19.1. The van der Waals surface area contributed by atoms with Crippen LogP contribution >= 0.6 is 0 Å². The molecule has 1 aromatic rings. The molecule has 0 aliphatic carbocycles. The lowest BCUT2D eigenvalue weighted by molar-refractivity contribution is 0.127. The minimum atomic E-state index is -0.189. The average Bonchev–Trinajstić information content (AvgIpc) is 2.36. The molecule has 106 valence electrons. The van der Waals surface area contributed by atoms with Crippen LogP contribution in [0, 0.1) is 5.82 Å². The van der Waals surface area contributed by atoms with Crippen molar-refractivity contribution in [1.29, 1.82) is 0 Å². The zero-order chi connectivity index (χ0) is 14.0. The summed E-state index contributed by atoms with van der Waals surface area (Å²) in [5, 5.41) is 3.49. The highest BCUT2D eigenvalue weighted by Crippen LogP contribution is 2.32. The standard InChI is InChI=1S/C15H23FN2O/c1-10-8-18(9-11(2)17-10)12(3)15-13(16)6-5-7-14(15)19-4/h5-7,10-12,17H,8-9H2,1-4H3. The second-order valence-electron chi connectivity index (χ2n) is 5.45. The molecule has 0 radical (unpaired) electrons. The predicted octanol–water partition coefficient (Wildman–Crippen LogP) is 2.58. The van der Waals surface area contributed by atoms with Crippen molar-refractivity contribution < 1.29 is 9.13 Å². The normalized spacial score (nSPS) is 26.2. The first-order valence-corrected chi connectivity index (χ1v) is 6.85. The molecule has 0 saturated carbocycles. The largest absolute Gasteiger partial charge is 0.496 e. The molecule has 19 heavy (non-hydrogen) atoms. The number of halogens is 1. The van der Waals surface area contributed by atoms with Gasteiger partial charge >= 0.3 is 0 Å². The van der Waals surface area contributed by atoms with E-state index in [4.69, 9.17) is 4.74 Å². The molecular formula is C15H23FN2O. The summed E-state index contributed by atoms with van der Waals surface area (Å²) in [6.45, 7) is 8.21. The number of nitrogens with one attached hydrogen (secondary N) is 1. The first-order valence-electron chi connectivity index (χ1n) is 6.85. The molecule has 0 bridgehead atoms. The molecule has 0 amide bonds. The van der Waals surface area contributed by atoms with Crippen LogP contribution in [0.15, 0.2) is 18.2 Å². The lowest BCUT2D eigenvalue weighted by Crippen LogP contribution is -2.54. The summed E-state index contributed by atoms with van der Waals surface area (Å²) >= 11 is 0. The molecule has 0 spiro atoms. The zero-order valence-corrected chi connectivity index (χ0v) is 12.1. The fraction of sp³-hybridized carbons (Fsp3) is 0.600. The van der Waals surface area contributed by atoms with E-state index in [9.17, 15) is 4.39 Å². The summed E-state index contributed by atoms with van der Waals surface area (Å²) in [6, 6.07) is 5.87. The number of methoxy groups -OCH3 is 1. The zero-order valence-electron chi connectivity index (χ0n) is 12.1. The highest BCUT2D eigenvalue weighted by Gasteiger charge is 2.28. The van der Waals surface area contributed by atoms with Gasteiger partial charge < -0.3 is 10.1 Å². The van der Waals surface area contributed by atoms with Crippen LogP contribution < -0.4 is 10.1 Å². The molecule has 0 aromatic heterocycles. The van der Waals surface area contributed by atoms with E-state index in [1.807, 2.05) is 13.0 Å². The van der Waals surface area contributed by atoms with Gasteiger partial charge in [-0.15, -0.1) is 0 Å². The van der Waals surface area contributed by atoms with Crippen LogP contribution in [0.3, 0.4) is 0 Å². The van der Waals surface area contributed by atoms with Crippen LogP contribution in [0.5, 0.6) is 5.75 Å². The molecule has 2 rings (SSSR count). The van der Waals surface area contributed by atoms with Crippen LogP contribution in [0.25, 0.3) is 0 Å². The maximum Gasteiger partial charge on any atom is 0.131 e. The summed E-state index contributed by atoms with van der Waals surface area (Å²) in [7, 11) is 1.59. The van der Waals surface area contributed by atoms with Crippen molar-refractivity contribution in [2.45, 2.75) is 38.9 Å². The van der Waals surface area contributed by atoms with Gasteiger partial charge in [0.25, 0.3) is 0 Å². The summed E-state index contributed by atoms with van der Waals surface area (Å²) in [6.07, 6.45) is 0. The van der Waals surface area contributed by atoms with Crippen LogP contribution in [0.2, 0.25) is 0 Å². The van der Waals surface area contributed by atoms with E-state index in [0.717, 1.165) is 13.1 Å². The Kier molecular flexibility index (Phi) is 4.42. The minimum Gasteiger partial charge on any atom is -0.496 e. The monoisotopic (exact) mass is 266 g/mol. The minimum absolute atomic E-state index is 0.0168. The van der Waals surface area contributed by atoms with E-state index in [0.29, 0.717) is 23.4 Å². The fourth-order valence-electron chi connectivity index (χ4n) is 2.97. The van der Waals surface area contributed by atoms with Crippen molar-refractivity contribution >= 4 is 0 Å². The molecule has 1 aliphatic rings. The Morgan fingerprint density at radius 2 is 1.95 bits per heavy atom. The van der Waals surface area contributed by atoms with E-state index < -0.39 is 0 Å². The Morgan fingerprint density at radius 1 is 1.32 bits per heavy atom. The molecule has 1 aromatic carbocycles. The quantitative estimate of drug-likeness (QED) is 0.910. The third kappa shape index (κ3) is 3.07. The van der Waals surface area contributed by atoms with Gasteiger partial charge in [0, 0.05) is 36.8 Å². The molecule has 3 nitrogen and oxygen atoms in total. The second kappa shape index (κ2) is 5.88. The van der Waals surface area contributed by atoms with E-state index >= 15 is 0 Å².